The third-order valence-electron chi connectivity index (χ3n) is 9.76. The highest BCUT2D eigenvalue weighted by atomic mass is 35.5. The number of fused-ring (bicyclic) bond motifs is 2. The predicted molar refractivity (Wildman–Crippen MR) is 218 cm³/mol. The number of halogens is 2. The van der Waals surface area contributed by atoms with Crippen molar-refractivity contribution in [3.63, 3.8) is 0 Å². The smallest absolute Gasteiger partial charge is 0.495 e. The number of methoxy groups -OCH3 is 1. The quantitative estimate of drug-likeness (QED) is 0.0866. The number of ether oxygens (including phenoxy) is 4. The van der Waals surface area contributed by atoms with E-state index in [2.05, 4.69) is 36.7 Å². The fraction of sp³-hybridized carbons (Fsp3) is 0.463. The molecule has 2 aliphatic heterocycles. The molecule has 1 saturated heterocycles. The largest absolute Gasteiger partial charge is 0.511 e. The van der Waals surface area contributed by atoms with Crippen molar-refractivity contribution in [2.75, 3.05) is 37.7 Å². The van der Waals surface area contributed by atoms with Crippen LogP contribution in [0.5, 0.6) is 5.75 Å². The Bertz CT molecular complexity index is 1970. The number of carbonyl (C=O) groups is 4. The standard InChI is InChI=1S/C41H50Cl2N3O9P/c1-23(54-38(50)55-40(5,6)17-18-52-56(8)9)53-36(48)25-13-16-29(31(20-25)51-7)44-35(47)34-33(24-11-10-12-26(42)19-24)41(32(46-34)22-39(2,3)4)28-15-14-27(43)21-30(28)45-37(41)49/h10-16,19-21,23,32-34,46H,17-18,22H2,1-9H3,(H,44,47)(H,45,49)/t23?,32-,33-,34+,41+/m0/s1. The molecule has 0 aromatic heterocycles. The molecule has 1 spiro atoms. The molecule has 1 unspecified atom stereocenters. The molecule has 3 aromatic rings. The number of nitrogens with one attached hydrogen (secondary N) is 3. The van der Waals surface area contributed by atoms with Crippen LogP contribution in [0.2, 0.25) is 10.0 Å². The average molecular weight is 831 g/mol. The molecule has 12 nitrogen and oxygen atoms in total. The van der Waals surface area contributed by atoms with Crippen LogP contribution in [0.4, 0.5) is 16.2 Å². The van der Waals surface area contributed by atoms with Crippen molar-refractivity contribution >= 4 is 66.7 Å². The van der Waals surface area contributed by atoms with Gasteiger partial charge in [-0.3, -0.25) is 9.59 Å². The van der Waals surface area contributed by atoms with Gasteiger partial charge in [0, 0.05) is 49.2 Å². The molecule has 3 aromatic carbocycles. The summed E-state index contributed by atoms with van der Waals surface area (Å²) in [6, 6.07) is 15.5. The lowest BCUT2D eigenvalue weighted by Crippen LogP contribution is -2.49. The Kier molecular flexibility index (Phi) is 13.3. The summed E-state index contributed by atoms with van der Waals surface area (Å²) >= 11 is 12.9. The summed E-state index contributed by atoms with van der Waals surface area (Å²) < 4.78 is 27.2. The van der Waals surface area contributed by atoms with Gasteiger partial charge in [-0.1, -0.05) is 62.2 Å². The van der Waals surface area contributed by atoms with Crippen molar-refractivity contribution in [3.05, 3.63) is 87.4 Å². The van der Waals surface area contributed by atoms with Gasteiger partial charge in [0.25, 0.3) is 0 Å². The number of hydrogen-bond acceptors (Lipinski definition) is 10. The number of hydrogen-bond donors (Lipinski definition) is 3. The Morgan fingerprint density at radius 2 is 1.68 bits per heavy atom. The minimum Gasteiger partial charge on any atom is -0.495 e. The first-order valence-electron chi connectivity index (χ1n) is 18.3. The van der Waals surface area contributed by atoms with E-state index in [0.29, 0.717) is 40.7 Å². The Morgan fingerprint density at radius 3 is 2.34 bits per heavy atom. The van der Waals surface area contributed by atoms with Crippen LogP contribution >= 0.6 is 31.4 Å². The Hall–Kier alpha value is -3.93. The monoisotopic (exact) mass is 829 g/mol. The van der Waals surface area contributed by atoms with Crippen LogP contribution in [-0.4, -0.2) is 75.0 Å². The average Bonchev–Trinajstić information content (AvgIpc) is 3.56. The zero-order valence-corrected chi connectivity index (χ0v) is 35.5. The van der Waals surface area contributed by atoms with Gasteiger partial charge in [-0.15, -0.1) is 0 Å². The summed E-state index contributed by atoms with van der Waals surface area (Å²) in [6.07, 6.45) is -1.26. The van der Waals surface area contributed by atoms with E-state index in [9.17, 15) is 19.2 Å². The first-order valence-corrected chi connectivity index (χ1v) is 21.2. The second-order valence-electron chi connectivity index (χ2n) is 16.0. The van der Waals surface area contributed by atoms with Gasteiger partial charge >= 0.3 is 12.1 Å². The molecule has 302 valence electrons. The summed E-state index contributed by atoms with van der Waals surface area (Å²) in [5.41, 5.74) is 0.0779. The first kappa shape index (κ1) is 43.2. The summed E-state index contributed by atoms with van der Waals surface area (Å²) in [6.45, 7) is 15.5. The van der Waals surface area contributed by atoms with Crippen molar-refractivity contribution in [1.82, 2.24) is 5.32 Å². The third-order valence-corrected chi connectivity index (χ3v) is 10.9. The Balaban J connectivity index is 1.38. The molecule has 0 saturated carbocycles. The molecule has 2 amide bonds. The van der Waals surface area contributed by atoms with Gasteiger partial charge in [0.05, 0.1) is 31.0 Å². The molecular weight excluding hydrogens is 780 g/mol. The topological polar surface area (TPSA) is 151 Å². The molecule has 2 aliphatic rings. The van der Waals surface area contributed by atoms with E-state index in [-0.39, 0.29) is 28.3 Å². The van der Waals surface area contributed by atoms with Gasteiger partial charge < -0.3 is 39.4 Å². The zero-order chi connectivity index (χ0) is 41.2. The molecule has 5 rings (SSSR count). The molecule has 0 bridgehead atoms. The SMILES string of the molecule is COc1cc(C(=O)OC(C)OC(=O)OC(C)(C)CCOP(C)C)ccc1NC(=O)[C@@H]1N[C@@H](CC(C)(C)C)[C@@]2(C(=O)Nc3cc(Cl)ccc32)[C@H]1c1cccc(Cl)c1. The van der Waals surface area contributed by atoms with Gasteiger partial charge in [-0.25, -0.2) is 9.59 Å². The summed E-state index contributed by atoms with van der Waals surface area (Å²) in [4.78, 5) is 54.6. The van der Waals surface area contributed by atoms with Crippen molar-refractivity contribution in [2.45, 2.75) is 89.7 Å². The zero-order valence-electron chi connectivity index (χ0n) is 33.1. The maximum Gasteiger partial charge on any atom is 0.511 e. The highest BCUT2D eigenvalue weighted by molar-refractivity contribution is 7.50. The lowest BCUT2D eigenvalue weighted by atomic mass is 9.62. The molecule has 2 heterocycles. The van der Waals surface area contributed by atoms with Gasteiger partial charge in [0.1, 0.15) is 16.8 Å². The van der Waals surface area contributed by atoms with E-state index in [1.807, 2.05) is 25.5 Å². The lowest BCUT2D eigenvalue weighted by Gasteiger charge is -2.37. The molecule has 0 radical (unpaired) electrons. The highest BCUT2D eigenvalue weighted by Crippen LogP contribution is 2.57. The lowest BCUT2D eigenvalue weighted by molar-refractivity contribution is -0.122. The van der Waals surface area contributed by atoms with Crippen LogP contribution in [0.25, 0.3) is 0 Å². The van der Waals surface area contributed by atoms with E-state index in [0.717, 1.165) is 5.56 Å². The van der Waals surface area contributed by atoms with Crippen LogP contribution in [-0.2, 0) is 33.7 Å². The number of anilines is 2. The van der Waals surface area contributed by atoms with Crippen LogP contribution in [0.1, 0.15) is 81.8 Å². The Morgan fingerprint density at radius 1 is 0.964 bits per heavy atom. The van der Waals surface area contributed by atoms with E-state index >= 15 is 0 Å². The minimum absolute atomic E-state index is 0.0784. The van der Waals surface area contributed by atoms with Crippen molar-refractivity contribution in [1.29, 1.82) is 0 Å². The fourth-order valence-electron chi connectivity index (χ4n) is 7.41. The van der Waals surface area contributed by atoms with Crippen molar-refractivity contribution in [2.24, 2.45) is 5.41 Å². The van der Waals surface area contributed by atoms with Crippen molar-refractivity contribution < 1.29 is 42.6 Å². The van der Waals surface area contributed by atoms with Crippen LogP contribution < -0.4 is 20.7 Å². The van der Waals surface area contributed by atoms with Gasteiger partial charge in [-0.2, -0.15) is 0 Å². The summed E-state index contributed by atoms with van der Waals surface area (Å²) in [5.74, 6) is -2.02. The van der Waals surface area contributed by atoms with Gasteiger partial charge in [0.2, 0.25) is 18.1 Å². The first-order chi connectivity index (χ1) is 26.2. The molecule has 5 atom stereocenters. The Labute approximate surface area is 339 Å². The molecular formula is C41H50Cl2N3O9P. The number of esters is 1. The van der Waals surface area contributed by atoms with Gasteiger partial charge in [0.15, 0.2) is 0 Å². The molecule has 1 fully saturated rings. The van der Waals surface area contributed by atoms with Crippen LogP contribution in [0, 0.1) is 5.41 Å². The van der Waals surface area contributed by atoms with E-state index in [1.165, 1.54) is 32.2 Å². The van der Waals surface area contributed by atoms with Gasteiger partial charge in [-0.05, 0) is 92.6 Å². The van der Waals surface area contributed by atoms with E-state index < -0.39 is 61.5 Å². The van der Waals surface area contributed by atoms with Crippen LogP contribution in [0.15, 0.2) is 60.7 Å². The van der Waals surface area contributed by atoms with Crippen molar-refractivity contribution in [3.8, 4) is 5.75 Å². The summed E-state index contributed by atoms with van der Waals surface area (Å²) in [7, 11) is 0.855. The molecule has 3 N–H and O–H groups in total. The minimum atomic E-state index is -1.27. The fourth-order valence-corrected chi connectivity index (χ4v) is 8.23. The number of carbonyl (C=O) groups excluding carboxylic acids is 4. The summed E-state index contributed by atoms with van der Waals surface area (Å²) in [5, 5.41) is 10.5. The molecule has 56 heavy (non-hydrogen) atoms. The number of benzene rings is 3. The van der Waals surface area contributed by atoms with Crippen LogP contribution in [0.3, 0.4) is 0 Å². The van der Waals surface area contributed by atoms with E-state index in [1.54, 1.807) is 44.2 Å². The maximum absolute atomic E-state index is 14.6. The molecule has 0 aliphatic carbocycles. The number of rotatable bonds is 13. The number of amides is 2. The third kappa shape index (κ3) is 9.77. The second kappa shape index (κ2) is 17.3. The normalized spacial score (nSPS) is 21.0. The molecule has 15 heteroatoms. The van der Waals surface area contributed by atoms with E-state index in [4.69, 9.17) is 46.7 Å². The second-order valence-corrected chi connectivity index (χ2v) is 18.8. The highest BCUT2D eigenvalue weighted by Gasteiger charge is 2.65. The maximum atomic E-state index is 14.6. The predicted octanol–water partition coefficient (Wildman–Crippen LogP) is 8.89.